The number of hydrogen-bond donors (Lipinski definition) is 1. The van der Waals surface area contributed by atoms with E-state index in [0.29, 0.717) is 0 Å². The minimum absolute atomic E-state index is 0.0325. The first-order valence-corrected chi connectivity index (χ1v) is 6.13. The van der Waals surface area contributed by atoms with Crippen LogP contribution in [0.1, 0.15) is 10.4 Å². The van der Waals surface area contributed by atoms with E-state index in [0.717, 1.165) is 16.6 Å². The third kappa shape index (κ3) is 3.15. The second-order valence-electron chi connectivity index (χ2n) is 3.74. The molecule has 1 aromatic carbocycles. The Hall–Kier alpha value is -2.35. The van der Waals surface area contributed by atoms with Crippen molar-refractivity contribution in [1.29, 1.82) is 0 Å². The summed E-state index contributed by atoms with van der Waals surface area (Å²) in [6.07, 6.45) is 1.48. The zero-order valence-corrected chi connectivity index (χ0v) is 11.4. The van der Waals surface area contributed by atoms with Gasteiger partial charge in [0.2, 0.25) is 5.82 Å². The SMILES string of the molecule is O=C(Nc1cc(Br)ccn1)c1ccc([N+](=O)[O-])c(F)c1. The normalized spacial score (nSPS) is 10.1. The summed E-state index contributed by atoms with van der Waals surface area (Å²) in [5, 5.41) is 12.9. The van der Waals surface area contributed by atoms with E-state index in [2.05, 4.69) is 26.2 Å². The van der Waals surface area contributed by atoms with Crippen LogP contribution in [0.25, 0.3) is 0 Å². The number of nitro benzene ring substituents is 1. The Labute approximate surface area is 120 Å². The van der Waals surface area contributed by atoms with Gasteiger partial charge < -0.3 is 5.32 Å². The summed E-state index contributed by atoms with van der Waals surface area (Å²) in [6, 6.07) is 6.18. The molecule has 0 radical (unpaired) electrons. The molecule has 102 valence electrons. The molecule has 0 spiro atoms. The second-order valence-corrected chi connectivity index (χ2v) is 4.65. The molecule has 0 atom stereocenters. The number of pyridine rings is 1. The van der Waals surface area contributed by atoms with Gasteiger partial charge in [0.1, 0.15) is 5.82 Å². The molecule has 1 aromatic heterocycles. The Bertz CT molecular complexity index is 693. The molecule has 1 amide bonds. The first-order chi connectivity index (χ1) is 9.47. The van der Waals surface area contributed by atoms with Crippen molar-refractivity contribution in [3.05, 3.63) is 62.5 Å². The van der Waals surface area contributed by atoms with Gasteiger partial charge in [-0.3, -0.25) is 14.9 Å². The number of nitrogens with one attached hydrogen (secondary N) is 1. The Morgan fingerprint density at radius 2 is 2.10 bits per heavy atom. The lowest BCUT2D eigenvalue weighted by molar-refractivity contribution is -0.387. The molecule has 2 rings (SSSR count). The van der Waals surface area contributed by atoms with Crippen LogP contribution in [0.3, 0.4) is 0 Å². The monoisotopic (exact) mass is 339 g/mol. The molecular formula is C12H7BrFN3O3. The number of carbonyl (C=O) groups is 1. The minimum Gasteiger partial charge on any atom is -0.307 e. The molecule has 2 aromatic rings. The van der Waals surface area contributed by atoms with E-state index in [9.17, 15) is 19.3 Å². The van der Waals surface area contributed by atoms with Crippen LogP contribution in [-0.2, 0) is 0 Å². The maximum atomic E-state index is 13.4. The first-order valence-electron chi connectivity index (χ1n) is 5.34. The van der Waals surface area contributed by atoms with Crippen molar-refractivity contribution in [3.8, 4) is 0 Å². The number of rotatable bonds is 3. The van der Waals surface area contributed by atoms with Crippen LogP contribution in [-0.4, -0.2) is 15.8 Å². The Morgan fingerprint density at radius 1 is 1.35 bits per heavy atom. The fraction of sp³-hybridized carbons (Fsp3) is 0. The highest BCUT2D eigenvalue weighted by atomic mass is 79.9. The van der Waals surface area contributed by atoms with Gasteiger partial charge in [-0.25, -0.2) is 4.98 Å². The highest BCUT2D eigenvalue weighted by molar-refractivity contribution is 9.10. The zero-order chi connectivity index (χ0) is 14.7. The van der Waals surface area contributed by atoms with E-state index < -0.39 is 22.3 Å². The van der Waals surface area contributed by atoms with Crippen molar-refractivity contribution in [2.75, 3.05) is 5.32 Å². The van der Waals surface area contributed by atoms with Gasteiger partial charge in [-0.1, -0.05) is 15.9 Å². The summed E-state index contributed by atoms with van der Waals surface area (Å²) in [5.74, 6) is -1.39. The summed E-state index contributed by atoms with van der Waals surface area (Å²) in [5.41, 5.74) is -0.711. The molecule has 1 heterocycles. The molecule has 0 bridgehead atoms. The molecule has 0 fully saturated rings. The molecule has 0 unspecified atom stereocenters. The van der Waals surface area contributed by atoms with Crippen LogP contribution < -0.4 is 5.32 Å². The number of benzene rings is 1. The number of nitro groups is 1. The van der Waals surface area contributed by atoms with E-state index in [1.54, 1.807) is 12.1 Å². The van der Waals surface area contributed by atoms with Crippen LogP contribution in [0.4, 0.5) is 15.9 Å². The minimum atomic E-state index is -1.06. The average Bonchev–Trinajstić information content (AvgIpc) is 2.38. The number of aromatic nitrogens is 1. The summed E-state index contributed by atoms with van der Waals surface area (Å²) in [7, 11) is 0. The van der Waals surface area contributed by atoms with Gasteiger partial charge in [0, 0.05) is 22.3 Å². The van der Waals surface area contributed by atoms with Crippen molar-refractivity contribution >= 4 is 33.3 Å². The van der Waals surface area contributed by atoms with E-state index in [-0.39, 0.29) is 11.4 Å². The highest BCUT2D eigenvalue weighted by Crippen LogP contribution is 2.19. The summed E-state index contributed by atoms with van der Waals surface area (Å²) < 4.78 is 14.1. The van der Waals surface area contributed by atoms with Crippen LogP contribution in [0.2, 0.25) is 0 Å². The van der Waals surface area contributed by atoms with Crippen LogP contribution in [0, 0.1) is 15.9 Å². The molecule has 1 N–H and O–H groups in total. The number of amides is 1. The number of nitrogens with zero attached hydrogens (tertiary/aromatic N) is 2. The van der Waals surface area contributed by atoms with Gasteiger partial charge in [-0.05, 0) is 24.3 Å². The van der Waals surface area contributed by atoms with E-state index in [1.807, 2.05) is 0 Å². The molecule has 6 nitrogen and oxygen atoms in total. The van der Waals surface area contributed by atoms with Gasteiger partial charge >= 0.3 is 5.69 Å². The lowest BCUT2D eigenvalue weighted by Gasteiger charge is -2.04. The third-order valence-electron chi connectivity index (χ3n) is 2.37. The molecule has 20 heavy (non-hydrogen) atoms. The van der Waals surface area contributed by atoms with Crippen molar-refractivity contribution in [1.82, 2.24) is 4.98 Å². The summed E-state index contributed by atoms with van der Waals surface area (Å²) >= 11 is 3.22. The molecular weight excluding hydrogens is 333 g/mol. The molecule has 0 aliphatic carbocycles. The van der Waals surface area contributed by atoms with Crippen LogP contribution >= 0.6 is 15.9 Å². The van der Waals surface area contributed by atoms with Crippen LogP contribution in [0.15, 0.2) is 41.0 Å². The molecule has 0 aliphatic heterocycles. The Kier molecular flexibility index (Phi) is 4.04. The predicted molar refractivity (Wildman–Crippen MR) is 72.9 cm³/mol. The smallest absolute Gasteiger partial charge is 0.304 e. The van der Waals surface area contributed by atoms with Crippen molar-refractivity contribution < 1.29 is 14.1 Å². The topological polar surface area (TPSA) is 85.1 Å². The largest absolute Gasteiger partial charge is 0.307 e. The quantitative estimate of drug-likeness (QED) is 0.687. The lowest BCUT2D eigenvalue weighted by atomic mass is 10.2. The van der Waals surface area contributed by atoms with Crippen molar-refractivity contribution in [2.45, 2.75) is 0 Å². The summed E-state index contributed by atoms with van der Waals surface area (Å²) in [6.45, 7) is 0. The number of hydrogen-bond acceptors (Lipinski definition) is 4. The Morgan fingerprint density at radius 3 is 2.70 bits per heavy atom. The maximum absolute atomic E-state index is 13.4. The summed E-state index contributed by atoms with van der Waals surface area (Å²) in [4.78, 5) is 25.4. The fourth-order valence-electron chi connectivity index (χ4n) is 1.46. The Balaban J connectivity index is 2.22. The zero-order valence-electron chi connectivity index (χ0n) is 9.84. The molecule has 0 aliphatic rings. The van der Waals surface area contributed by atoms with Gasteiger partial charge in [0.25, 0.3) is 5.91 Å². The fourth-order valence-corrected chi connectivity index (χ4v) is 1.79. The molecule has 8 heteroatoms. The molecule has 0 saturated heterocycles. The predicted octanol–water partition coefficient (Wildman–Crippen LogP) is 3.14. The van der Waals surface area contributed by atoms with E-state index in [1.165, 1.54) is 12.3 Å². The first kappa shape index (κ1) is 14.1. The number of carbonyl (C=O) groups excluding carboxylic acids is 1. The van der Waals surface area contributed by atoms with Crippen LogP contribution in [0.5, 0.6) is 0 Å². The second kappa shape index (κ2) is 5.74. The average molecular weight is 340 g/mol. The molecule has 0 saturated carbocycles. The van der Waals surface area contributed by atoms with E-state index in [4.69, 9.17) is 0 Å². The van der Waals surface area contributed by atoms with Crippen molar-refractivity contribution in [3.63, 3.8) is 0 Å². The van der Waals surface area contributed by atoms with E-state index >= 15 is 0 Å². The standard InChI is InChI=1S/C12H7BrFN3O3/c13-8-3-4-15-11(6-8)16-12(18)7-1-2-10(17(19)20)9(14)5-7/h1-6H,(H,15,16,18). The van der Waals surface area contributed by atoms with Gasteiger partial charge in [0.15, 0.2) is 0 Å². The third-order valence-corrected chi connectivity index (χ3v) is 2.86. The van der Waals surface area contributed by atoms with Gasteiger partial charge in [0.05, 0.1) is 4.92 Å². The van der Waals surface area contributed by atoms with Gasteiger partial charge in [-0.2, -0.15) is 4.39 Å². The maximum Gasteiger partial charge on any atom is 0.304 e. The van der Waals surface area contributed by atoms with Gasteiger partial charge in [-0.15, -0.1) is 0 Å². The number of halogens is 2. The highest BCUT2D eigenvalue weighted by Gasteiger charge is 2.16. The van der Waals surface area contributed by atoms with Crippen molar-refractivity contribution in [2.24, 2.45) is 0 Å². The lowest BCUT2D eigenvalue weighted by Crippen LogP contribution is -2.13. The number of anilines is 1.